The molecular formula is C13H17N3O. The van der Waals surface area contributed by atoms with Gasteiger partial charge in [-0.3, -0.25) is 4.79 Å². The van der Waals surface area contributed by atoms with Crippen LogP contribution < -0.4 is 5.32 Å². The Kier molecular flexibility index (Phi) is 4.22. The molecule has 1 amide bonds. The minimum absolute atomic E-state index is 0.271. The number of aryl methyl sites for hydroxylation is 1. The van der Waals surface area contributed by atoms with Gasteiger partial charge in [0.2, 0.25) is 5.91 Å². The molecule has 0 atom stereocenters. The van der Waals surface area contributed by atoms with E-state index in [0.717, 1.165) is 5.56 Å². The number of hydrogen-bond donors (Lipinski definition) is 1. The average molecular weight is 231 g/mol. The monoisotopic (exact) mass is 231 g/mol. The summed E-state index contributed by atoms with van der Waals surface area (Å²) in [5.74, 6) is 0.255. The molecule has 17 heavy (non-hydrogen) atoms. The highest BCUT2D eigenvalue weighted by molar-refractivity contribution is 5.96. The number of anilines is 1. The van der Waals surface area contributed by atoms with Gasteiger partial charge in [0.25, 0.3) is 0 Å². The predicted octanol–water partition coefficient (Wildman–Crippen LogP) is 2.66. The van der Waals surface area contributed by atoms with Crippen molar-refractivity contribution in [3.8, 4) is 6.07 Å². The summed E-state index contributed by atoms with van der Waals surface area (Å²) < 4.78 is 0. The minimum atomic E-state index is -0.954. The van der Waals surface area contributed by atoms with E-state index in [0.29, 0.717) is 18.7 Å². The van der Waals surface area contributed by atoms with Gasteiger partial charge >= 0.3 is 0 Å². The molecule has 1 aromatic heterocycles. The molecule has 1 rings (SSSR count). The van der Waals surface area contributed by atoms with E-state index in [1.54, 1.807) is 6.20 Å². The predicted molar refractivity (Wildman–Crippen MR) is 66.2 cm³/mol. The third-order valence-electron chi connectivity index (χ3n) is 3.10. The maximum absolute atomic E-state index is 12.1. The summed E-state index contributed by atoms with van der Waals surface area (Å²) in [7, 11) is 0. The van der Waals surface area contributed by atoms with Crippen LogP contribution in [0.2, 0.25) is 0 Å². The number of aromatic nitrogens is 1. The van der Waals surface area contributed by atoms with Crippen molar-refractivity contribution >= 4 is 11.7 Å². The van der Waals surface area contributed by atoms with Crippen LogP contribution >= 0.6 is 0 Å². The lowest BCUT2D eigenvalue weighted by molar-refractivity contribution is -0.123. The van der Waals surface area contributed by atoms with Crippen molar-refractivity contribution in [1.82, 2.24) is 4.98 Å². The van der Waals surface area contributed by atoms with Crippen LogP contribution in [0.25, 0.3) is 0 Å². The Bertz CT molecular complexity index is 444. The molecule has 0 aliphatic carbocycles. The first kappa shape index (κ1) is 13.2. The first-order chi connectivity index (χ1) is 8.09. The Morgan fingerprint density at radius 1 is 1.53 bits per heavy atom. The van der Waals surface area contributed by atoms with Crippen molar-refractivity contribution in [2.75, 3.05) is 5.32 Å². The molecule has 0 saturated carbocycles. The number of nitriles is 1. The molecule has 4 heteroatoms. The maximum atomic E-state index is 12.1. The number of amides is 1. The van der Waals surface area contributed by atoms with E-state index in [-0.39, 0.29) is 5.91 Å². The van der Waals surface area contributed by atoms with E-state index in [4.69, 9.17) is 5.26 Å². The molecular weight excluding hydrogens is 214 g/mol. The number of nitrogens with one attached hydrogen (secondary N) is 1. The third-order valence-corrected chi connectivity index (χ3v) is 3.10. The Morgan fingerprint density at radius 2 is 2.18 bits per heavy atom. The number of pyridine rings is 1. The summed E-state index contributed by atoms with van der Waals surface area (Å²) in [4.78, 5) is 16.2. The standard InChI is InChI=1S/C13H17N3O/c1-4-13(5-2,9-14)12(17)16-11-10(3)7-6-8-15-11/h6-8H,4-5H2,1-3H3,(H,15,16,17). The number of carbonyl (C=O) groups is 1. The third kappa shape index (κ3) is 2.62. The molecule has 0 unspecified atom stereocenters. The zero-order chi connectivity index (χ0) is 12.9. The van der Waals surface area contributed by atoms with Crippen LogP contribution in [0, 0.1) is 23.7 Å². The molecule has 1 N–H and O–H groups in total. The van der Waals surface area contributed by atoms with Gasteiger partial charge in [-0.05, 0) is 31.4 Å². The molecule has 1 aromatic rings. The van der Waals surface area contributed by atoms with E-state index in [1.165, 1.54) is 0 Å². The molecule has 1 heterocycles. The van der Waals surface area contributed by atoms with E-state index >= 15 is 0 Å². The molecule has 0 aromatic carbocycles. The SMILES string of the molecule is CCC(C#N)(CC)C(=O)Nc1ncccc1C. The molecule has 4 nitrogen and oxygen atoms in total. The highest BCUT2D eigenvalue weighted by atomic mass is 16.2. The summed E-state index contributed by atoms with van der Waals surface area (Å²) in [5.41, 5.74) is -0.0656. The molecule has 0 spiro atoms. The lowest BCUT2D eigenvalue weighted by Crippen LogP contribution is -2.34. The van der Waals surface area contributed by atoms with Crippen LogP contribution in [0.3, 0.4) is 0 Å². The van der Waals surface area contributed by atoms with Gasteiger partial charge in [0, 0.05) is 6.20 Å². The van der Waals surface area contributed by atoms with Crippen LogP contribution in [-0.2, 0) is 4.79 Å². The van der Waals surface area contributed by atoms with Crippen molar-refractivity contribution < 1.29 is 4.79 Å². The van der Waals surface area contributed by atoms with Crippen LogP contribution in [-0.4, -0.2) is 10.9 Å². The zero-order valence-electron chi connectivity index (χ0n) is 10.4. The molecule has 0 bridgehead atoms. The first-order valence-corrected chi connectivity index (χ1v) is 5.74. The van der Waals surface area contributed by atoms with Gasteiger partial charge < -0.3 is 5.32 Å². The van der Waals surface area contributed by atoms with E-state index in [2.05, 4.69) is 16.4 Å². The lowest BCUT2D eigenvalue weighted by Gasteiger charge is -2.22. The Morgan fingerprint density at radius 3 is 2.65 bits per heavy atom. The van der Waals surface area contributed by atoms with Gasteiger partial charge in [-0.15, -0.1) is 0 Å². The van der Waals surface area contributed by atoms with E-state index < -0.39 is 5.41 Å². The molecule has 0 aliphatic heterocycles. The van der Waals surface area contributed by atoms with E-state index in [9.17, 15) is 4.79 Å². The van der Waals surface area contributed by atoms with Gasteiger partial charge in [0.05, 0.1) is 6.07 Å². The van der Waals surface area contributed by atoms with Crippen LogP contribution in [0.1, 0.15) is 32.3 Å². The summed E-state index contributed by atoms with van der Waals surface area (Å²) >= 11 is 0. The highest BCUT2D eigenvalue weighted by Crippen LogP contribution is 2.27. The largest absolute Gasteiger partial charge is 0.309 e. The summed E-state index contributed by atoms with van der Waals surface area (Å²) in [5, 5.41) is 11.9. The lowest BCUT2D eigenvalue weighted by atomic mass is 9.83. The van der Waals surface area contributed by atoms with Crippen molar-refractivity contribution in [1.29, 1.82) is 5.26 Å². The fourth-order valence-corrected chi connectivity index (χ4v) is 1.62. The Balaban J connectivity index is 2.93. The average Bonchev–Trinajstić information content (AvgIpc) is 2.35. The summed E-state index contributed by atoms with van der Waals surface area (Å²) in [6.45, 7) is 5.56. The fourth-order valence-electron chi connectivity index (χ4n) is 1.62. The first-order valence-electron chi connectivity index (χ1n) is 5.74. The Hall–Kier alpha value is -1.89. The second-order valence-electron chi connectivity index (χ2n) is 4.02. The number of nitrogens with zero attached hydrogens (tertiary/aromatic N) is 2. The normalized spacial score (nSPS) is 10.7. The summed E-state index contributed by atoms with van der Waals surface area (Å²) in [6, 6.07) is 5.79. The smallest absolute Gasteiger partial charge is 0.245 e. The van der Waals surface area contributed by atoms with Gasteiger partial charge in [-0.1, -0.05) is 19.9 Å². The second kappa shape index (κ2) is 5.44. The van der Waals surface area contributed by atoms with E-state index in [1.807, 2.05) is 32.9 Å². The molecule has 0 radical (unpaired) electrons. The van der Waals surface area contributed by atoms with Crippen LogP contribution in [0.15, 0.2) is 18.3 Å². The van der Waals surface area contributed by atoms with Gasteiger partial charge in [0.1, 0.15) is 11.2 Å². The topological polar surface area (TPSA) is 65.8 Å². The van der Waals surface area contributed by atoms with Crippen LogP contribution in [0.4, 0.5) is 5.82 Å². The second-order valence-corrected chi connectivity index (χ2v) is 4.02. The molecule has 0 fully saturated rings. The number of rotatable bonds is 4. The van der Waals surface area contributed by atoms with Crippen molar-refractivity contribution in [2.45, 2.75) is 33.6 Å². The van der Waals surface area contributed by atoms with Gasteiger partial charge in [0.15, 0.2) is 0 Å². The number of carbonyl (C=O) groups excluding carboxylic acids is 1. The Labute approximate surface area is 102 Å². The highest BCUT2D eigenvalue weighted by Gasteiger charge is 2.35. The van der Waals surface area contributed by atoms with Crippen molar-refractivity contribution in [2.24, 2.45) is 5.41 Å². The molecule has 0 saturated heterocycles. The number of hydrogen-bond acceptors (Lipinski definition) is 3. The molecule has 90 valence electrons. The quantitative estimate of drug-likeness (QED) is 0.866. The van der Waals surface area contributed by atoms with Crippen molar-refractivity contribution in [3.63, 3.8) is 0 Å². The summed E-state index contributed by atoms with van der Waals surface area (Å²) in [6.07, 6.45) is 2.62. The van der Waals surface area contributed by atoms with Crippen molar-refractivity contribution in [3.05, 3.63) is 23.9 Å². The van der Waals surface area contributed by atoms with Gasteiger partial charge in [-0.2, -0.15) is 5.26 Å². The zero-order valence-corrected chi connectivity index (χ0v) is 10.4. The molecule has 0 aliphatic rings. The van der Waals surface area contributed by atoms with Gasteiger partial charge in [-0.25, -0.2) is 4.98 Å². The fraction of sp³-hybridized carbons (Fsp3) is 0.462. The minimum Gasteiger partial charge on any atom is -0.309 e. The van der Waals surface area contributed by atoms with Crippen LogP contribution in [0.5, 0.6) is 0 Å². The maximum Gasteiger partial charge on any atom is 0.245 e.